The first-order valence-electron chi connectivity index (χ1n) is 8.31. The average molecular weight is 382 g/mol. The van der Waals surface area contributed by atoms with Crippen LogP contribution in [0, 0.1) is 11.6 Å². The van der Waals surface area contributed by atoms with Gasteiger partial charge in [-0.1, -0.05) is 18.2 Å². The summed E-state index contributed by atoms with van der Waals surface area (Å²) in [5.74, 6) is -1.44. The van der Waals surface area contributed by atoms with Crippen LogP contribution < -0.4 is 0 Å². The van der Waals surface area contributed by atoms with E-state index in [1.807, 2.05) is 6.92 Å². The van der Waals surface area contributed by atoms with Crippen molar-refractivity contribution in [1.29, 1.82) is 0 Å². The van der Waals surface area contributed by atoms with Crippen LogP contribution in [0.15, 0.2) is 43.0 Å². The molecular formula is C18H24F2N4OS. The fourth-order valence-electron chi connectivity index (χ4n) is 3.37. The fraction of sp³-hybridized carbons (Fsp3) is 0.444. The lowest BCUT2D eigenvalue weighted by atomic mass is 9.84. The smallest absolute Gasteiger partial charge is 0.137 e. The Morgan fingerprint density at radius 1 is 1.31 bits per heavy atom. The molecule has 1 fully saturated rings. The van der Waals surface area contributed by atoms with E-state index in [-0.39, 0.29) is 25.6 Å². The van der Waals surface area contributed by atoms with Crippen molar-refractivity contribution in [3.63, 3.8) is 0 Å². The van der Waals surface area contributed by atoms with Gasteiger partial charge in [-0.05, 0) is 25.8 Å². The van der Waals surface area contributed by atoms with Crippen molar-refractivity contribution in [3.05, 3.63) is 60.2 Å². The first kappa shape index (κ1) is 20.5. The van der Waals surface area contributed by atoms with Crippen LogP contribution >= 0.6 is 13.5 Å². The van der Waals surface area contributed by atoms with Crippen molar-refractivity contribution < 1.29 is 13.9 Å². The van der Waals surface area contributed by atoms with E-state index in [2.05, 4.69) is 21.6 Å². The minimum Gasteiger partial charge on any atom is -0.381 e. The third kappa shape index (κ3) is 4.13. The maximum atomic E-state index is 14.5. The van der Waals surface area contributed by atoms with Gasteiger partial charge in [0.05, 0.1) is 6.54 Å². The lowest BCUT2D eigenvalue weighted by molar-refractivity contribution is -0.0657. The molecule has 0 saturated carbocycles. The largest absolute Gasteiger partial charge is 0.381 e. The van der Waals surface area contributed by atoms with Crippen LogP contribution in [-0.4, -0.2) is 43.9 Å². The van der Waals surface area contributed by atoms with Crippen LogP contribution in [0.3, 0.4) is 0 Å². The number of piperidine rings is 1. The Balaban J connectivity index is 0.00000243. The Labute approximate surface area is 158 Å². The van der Waals surface area contributed by atoms with Gasteiger partial charge in [0.2, 0.25) is 0 Å². The summed E-state index contributed by atoms with van der Waals surface area (Å²) in [6, 6.07) is 2.87. The summed E-state index contributed by atoms with van der Waals surface area (Å²) in [5.41, 5.74) is -0.345. The van der Waals surface area contributed by atoms with E-state index in [1.165, 1.54) is 29.0 Å². The summed E-state index contributed by atoms with van der Waals surface area (Å²) >= 11 is 0. The van der Waals surface area contributed by atoms with Gasteiger partial charge in [-0.3, -0.25) is 4.90 Å². The third-order valence-corrected chi connectivity index (χ3v) is 5.01. The third-order valence-electron chi connectivity index (χ3n) is 5.01. The van der Waals surface area contributed by atoms with Crippen LogP contribution in [0.5, 0.6) is 0 Å². The molecule has 0 radical (unpaired) electrons. The Morgan fingerprint density at radius 2 is 2.00 bits per heavy atom. The maximum Gasteiger partial charge on any atom is 0.137 e. The van der Waals surface area contributed by atoms with Gasteiger partial charge >= 0.3 is 0 Å². The first-order chi connectivity index (χ1) is 11.9. The predicted octanol–water partition coefficient (Wildman–Crippen LogP) is 2.60. The van der Waals surface area contributed by atoms with Gasteiger partial charge in [-0.15, -0.1) is 0 Å². The van der Waals surface area contributed by atoms with Gasteiger partial charge in [0.25, 0.3) is 0 Å². The van der Waals surface area contributed by atoms with Crippen LogP contribution in [0.25, 0.3) is 0 Å². The summed E-state index contributed by atoms with van der Waals surface area (Å²) in [7, 11) is 0. The van der Waals surface area contributed by atoms with Crippen molar-refractivity contribution >= 4 is 13.5 Å². The van der Waals surface area contributed by atoms with Crippen LogP contribution in [-0.2, 0) is 12.1 Å². The minimum absolute atomic E-state index is 0. The van der Waals surface area contributed by atoms with Gasteiger partial charge in [-0.2, -0.15) is 18.6 Å². The molecule has 2 atom stereocenters. The highest BCUT2D eigenvalue weighted by atomic mass is 32.1. The maximum absolute atomic E-state index is 14.5. The van der Waals surface area contributed by atoms with Crippen LogP contribution in [0.1, 0.15) is 25.3 Å². The molecule has 1 aromatic carbocycles. The molecule has 1 aromatic heterocycles. The molecule has 5 nitrogen and oxygen atoms in total. The molecule has 3 rings (SSSR count). The van der Waals surface area contributed by atoms with Crippen LogP contribution in [0.2, 0.25) is 0 Å². The van der Waals surface area contributed by atoms with Crippen molar-refractivity contribution in [3.8, 4) is 0 Å². The number of hydrogen-bond acceptors (Lipinski definition) is 4. The summed E-state index contributed by atoms with van der Waals surface area (Å²) in [6.45, 7) is 7.35. The molecule has 1 saturated heterocycles. The molecule has 0 spiro atoms. The standard InChI is InChI=1S/C18H22F2N4O.H2S/c1-13-5-7-23(8-6-13)14(2)18(25,10-24-12-21-11-22-24)16-4-3-15(19)9-17(16)20;/h3-4,9,11-12,14,25H,1,5-8,10H2,2H3;1H2/t14-,18?;/m1./s1. The highest BCUT2D eigenvalue weighted by Gasteiger charge is 2.42. The average Bonchev–Trinajstić information content (AvgIpc) is 3.07. The summed E-state index contributed by atoms with van der Waals surface area (Å²) in [4.78, 5) is 5.99. The first-order valence-corrected chi connectivity index (χ1v) is 8.31. The molecule has 1 aliphatic heterocycles. The monoisotopic (exact) mass is 382 g/mol. The van der Waals surface area contributed by atoms with Gasteiger partial charge in [0.15, 0.2) is 0 Å². The van der Waals surface area contributed by atoms with Crippen molar-refractivity contribution in [2.24, 2.45) is 0 Å². The molecule has 2 aromatic rings. The quantitative estimate of drug-likeness (QED) is 0.808. The zero-order chi connectivity index (χ0) is 18.0. The lowest BCUT2D eigenvalue weighted by Crippen LogP contribution is -2.53. The summed E-state index contributed by atoms with van der Waals surface area (Å²) in [5, 5.41) is 15.5. The summed E-state index contributed by atoms with van der Waals surface area (Å²) < 4.78 is 29.3. The molecule has 1 unspecified atom stereocenters. The number of benzene rings is 1. The van der Waals surface area contributed by atoms with E-state index in [1.54, 1.807) is 0 Å². The highest BCUT2D eigenvalue weighted by molar-refractivity contribution is 7.59. The predicted molar refractivity (Wildman–Crippen MR) is 100 cm³/mol. The Morgan fingerprint density at radius 3 is 2.58 bits per heavy atom. The van der Waals surface area contributed by atoms with Gasteiger partial charge in [0, 0.05) is 30.8 Å². The van der Waals surface area contributed by atoms with E-state index in [0.29, 0.717) is 0 Å². The van der Waals surface area contributed by atoms with Gasteiger partial charge in [0.1, 0.15) is 29.9 Å². The fourth-order valence-corrected chi connectivity index (χ4v) is 3.37. The van der Waals surface area contributed by atoms with Crippen molar-refractivity contribution in [2.45, 2.75) is 38.0 Å². The second-order valence-electron chi connectivity index (χ2n) is 6.60. The Hall–Kier alpha value is -1.77. The van der Waals surface area contributed by atoms with Crippen molar-refractivity contribution in [2.75, 3.05) is 13.1 Å². The lowest BCUT2D eigenvalue weighted by Gasteiger charge is -2.43. The van der Waals surface area contributed by atoms with E-state index in [9.17, 15) is 13.9 Å². The number of hydrogen-bond donors (Lipinski definition) is 1. The van der Waals surface area contributed by atoms with E-state index < -0.39 is 23.3 Å². The molecule has 2 heterocycles. The number of likely N-dealkylation sites (tertiary alicyclic amines) is 1. The van der Waals surface area contributed by atoms with E-state index in [0.717, 1.165) is 38.1 Å². The number of rotatable bonds is 5. The normalized spacial score (nSPS) is 18.8. The SMILES string of the molecule is C=C1CCN([C@H](C)C(O)(Cn2cncn2)c2ccc(F)cc2F)CC1.S. The Bertz CT molecular complexity index is 746. The summed E-state index contributed by atoms with van der Waals surface area (Å²) in [6.07, 6.45) is 4.51. The molecule has 0 aliphatic carbocycles. The topological polar surface area (TPSA) is 54.2 Å². The zero-order valence-electron chi connectivity index (χ0n) is 14.7. The van der Waals surface area contributed by atoms with E-state index in [4.69, 9.17) is 0 Å². The van der Waals surface area contributed by atoms with E-state index >= 15 is 0 Å². The molecule has 26 heavy (non-hydrogen) atoms. The van der Waals surface area contributed by atoms with Gasteiger partial charge < -0.3 is 5.11 Å². The number of aromatic nitrogens is 3. The second-order valence-corrected chi connectivity index (χ2v) is 6.60. The molecule has 1 aliphatic rings. The minimum atomic E-state index is -1.58. The molecule has 1 N–H and O–H groups in total. The number of aliphatic hydroxyl groups is 1. The molecular weight excluding hydrogens is 358 g/mol. The molecule has 0 amide bonds. The molecule has 0 bridgehead atoms. The Kier molecular flexibility index (Phi) is 6.54. The van der Waals surface area contributed by atoms with Crippen LogP contribution in [0.4, 0.5) is 8.78 Å². The molecule has 142 valence electrons. The number of nitrogens with zero attached hydrogens (tertiary/aromatic N) is 4. The second kappa shape index (κ2) is 8.28. The molecule has 8 heteroatoms. The zero-order valence-corrected chi connectivity index (χ0v) is 15.7. The van der Waals surface area contributed by atoms with Gasteiger partial charge in [-0.25, -0.2) is 18.4 Å². The van der Waals surface area contributed by atoms with Crippen molar-refractivity contribution in [1.82, 2.24) is 19.7 Å². The highest BCUT2D eigenvalue weighted by Crippen LogP contribution is 2.34. The number of halogens is 2.